The second-order valence-corrected chi connectivity index (χ2v) is 4.64. The van der Waals surface area contributed by atoms with E-state index >= 15 is 0 Å². The first-order valence-corrected chi connectivity index (χ1v) is 6.26. The van der Waals surface area contributed by atoms with Crippen LogP contribution in [0.25, 0.3) is 0 Å². The molecule has 0 radical (unpaired) electrons. The van der Waals surface area contributed by atoms with Crippen LogP contribution in [0.2, 0.25) is 5.15 Å². The van der Waals surface area contributed by atoms with Gasteiger partial charge in [-0.2, -0.15) is 0 Å². The van der Waals surface area contributed by atoms with E-state index in [0.717, 1.165) is 11.1 Å². The summed E-state index contributed by atoms with van der Waals surface area (Å²) >= 11 is 5.85. The van der Waals surface area contributed by atoms with Crippen LogP contribution in [0, 0.1) is 13.8 Å². The van der Waals surface area contributed by atoms with Gasteiger partial charge in [0.25, 0.3) is 0 Å². The summed E-state index contributed by atoms with van der Waals surface area (Å²) in [6, 6.07) is 5.32. The molecule has 2 aromatic rings. The standard InChI is InChI=1S/C13H11ClF3N3O/c1-7-8(2)12(20-19-11(7)14)18-9-3-5-10(6-4-9)21-13(15,16)17/h3-6H,1-2H3,(H,18,20). The van der Waals surface area contributed by atoms with E-state index in [1.54, 1.807) is 6.92 Å². The topological polar surface area (TPSA) is 47.0 Å². The van der Waals surface area contributed by atoms with Crippen molar-refractivity contribution < 1.29 is 17.9 Å². The molecule has 0 spiro atoms. The molecule has 0 aliphatic carbocycles. The first-order valence-electron chi connectivity index (χ1n) is 5.88. The van der Waals surface area contributed by atoms with Crippen LogP contribution in [0.3, 0.4) is 0 Å². The fraction of sp³-hybridized carbons (Fsp3) is 0.231. The Balaban J connectivity index is 2.16. The number of benzene rings is 1. The molecular weight excluding hydrogens is 307 g/mol. The highest BCUT2D eigenvalue weighted by Crippen LogP contribution is 2.27. The molecule has 0 fully saturated rings. The maximum absolute atomic E-state index is 12.1. The molecule has 0 amide bonds. The zero-order valence-electron chi connectivity index (χ0n) is 11.1. The summed E-state index contributed by atoms with van der Waals surface area (Å²) in [7, 11) is 0. The van der Waals surface area contributed by atoms with Crippen molar-refractivity contribution >= 4 is 23.1 Å². The van der Waals surface area contributed by atoms with Crippen LogP contribution < -0.4 is 10.1 Å². The van der Waals surface area contributed by atoms with Crippen LogP contribution in [0.1, 0.15) is 11.1 Å². The number of hydrogen-bond acceptors (Lipinski definition) is 4. The Morgan fingerprint density at radius 3 is 2.24 bits per heavy atom. The minimum absolute atomic E-state index is 0.289. The summed E-state index contributed by atoms with van der Waals surface area (Å²) in [4.78, 5) is 0. The molecule has 1 aromatic heterocycles. The number of aromatic nitrogens is 2. The molecule has 21 heavy (non-hydrogen) atoms. The van der Waals surface area contributed by atoms with E-state index in [4.69, 9.17) is 11.6 Å². The zero-order valence-corrected chi connectivity index (χ0v) is 11.9. The maximum atomic E-state index is 12.1. The molecule has 0 aliphatic rings. The molecule has 1 N–H and O–H groups in total. The van der Waals surface area contributed by atoms with E-state index in [9.17, 15) is 13.2 Å². The third-order valence-corrected chi connectivity index (χ3v) is 3.17. The van der Waals surface area contributed by atoms with Crippen molar-refractivity contribution in [2.45, 2.75) is 20.2 Å². The molecule has 8 heteroatoms. The van der Waals surface area contributed by atoms with Crippen molar-refractivity contribution in [3.8, 4) is 5.75 Å². The Morgan fingerprint density at radius 2 is 1.67 bits per heavy atom. The first kappa shape index (κ1) is 15.4. The van der Waals surface area contributed by atoms with E-state index in [2.05, 4.69) is 20.3 Å². The number of halogens is 4. The van der Waals surface area contributed by atoms with Gasteiger partial charge in [0, 0.05) is 5.69 Å². The van der Waals surface area contributed by atoms with E-state index < -0.39 is 6.36 Å². The predicted molar refractivity (Wildman–Crippen MR) is 72.9 cm³/mol. The van der Waals surface area contributed by atoms with Gasteiger partial charge in [0.05, 0.1) is 0 Å². The summed E-state index contributed by atoms with van der Waals surface area (Å²) in [6.45, 7) is 3.62. The van der Waals surface area contributed by atoms with E-state index in [-0.39, 0.29) is 5.75 Å². The lowest BCUT2D eigenvalue weighted by Gasteiger charge is -2.12. The average molecular weight is 318 g/mol. The van der Waals surface area contributed by atoms with Crippen LogP contribution >= 0.6 is 11.6 Å². The monoisotopic (exact) mass is 317 g/mol. The van der Waals surface area contributed by atoms with Crippen molar-refractivity contribution in [1.29, 1.82) is 0 Å². The largest absolute Gasteiger partial charge is 0.573 e. The number of rotatable bonds is 3. The summed E-state index contributed by atoms with van der Waals surface area (Å²) in [6.07, 6.45) is -4.70. The fourth-order valence-corrected chi connectivity index (χ4v) is 1.75. The zero-order chi connectivity index (χ0) is 15.6. The van der Waals surface area contributed by atoms with Crippen LogP contribution in [0.5, 0.6) is 5.75 Å². The van der Waals surface area contributed by atoms with Gasteiger partial charge in [-0.05, 0) is 49.2 Å². The van der Waals surface area contributed by atoms with Crippen molar-refractivity contribution in [3.05, 3.63) is 40.5 Å². The second-order valence-electron chi connectivity index (χ2n) is 4.29. The Kier molecular flexibility index (Phi) is 4.22. The van der Waals surface area contributed by atoms with Gasteiger partial charge >= 0.3 is 6.36 Å². The minimum Gasteiger partial charge on any atom is -0.406 e. The lowest BCUT2D eigenvalue weighted by Crippen LogP contribution is -2.17. The molecule has 1 heterocycles. The van der Waals surface area contributed by atoms with Gasteiger partial charge < -0.3 is 10.1 Å². The van der Waals surface area contributed by atoms with Crippen LogP contribution in [-0.4, -0.2) is 16.6 Å². The van der Waals surface area contributed by atoms with E-state index in [0.29, 0.717) is 16.7 Å². The van der Waals surface area contributed by atoms with E-state index in [1.165, 1.54) is 24.3 Å². The number of alkyl halides is 3. The van der Waals surface area contributed by atoms with Crippen LogP contribution in [0.4, 0.5) is 24.7 Å². The molecule has 2 rings (SSSR count). The summed E-state index contributed by atoms with van der Waals surface area (Å²) in [5.41, 5.74) is 2.15. The number of hydrogen-bond donors (Lipinski definition) is 1. The highest BCUT2D eigenvalue weighted by molar-refractivity contribution is 6.30. The molecule has 0 unspecified atom stereocenters. The Bertz CT molecular complexity index is 644. The molecular formula is C13H11ClF3N3O. The number of ether oxygens (including phenoxy) is 1. The highest BCUT2D eigenvalue weighted by atomic mass is 35.5. The number of nitrogens with zero attached hydrogens (tertiary/aromatic N) is 2. The third-order valence-electron chi connectivity index (χ3n) is 2.82. The van der Waals surface area contributed by atoms with Crippen molar-refractivity contribution in [1.82, 2.24) is 10.2 Å². The van der Waals surface area contributed by atoms with Gasteiger partial charge in [0.15, 0.2) is 11.0 Å². The van der Waals surface area contributed by atoms with Gasteiger partial charge in [-0.1, -0.05) is 11.6 Å². The second kappa shape index (κ2) is 5.77. The first-order chi connectivity index (χ1) is 9.76. The number of anilines is 2. The summed E-state index contributed by atoms with van der Waals surface area (Å²) in [5, 5.41) is 11.0. The lowest BCUT2D eigenvalue weighted by atomic mass is 10.2. The molecule has 0 atom stereocenters. The predicted octanol–water partition coefficient (Wildman–Crippen LogP) is 4.39. The quantitative estimate of drug-likeness (QED) is 0.912. The smallest absolute Gasteiger partial charge is 0.406 e. The van der Waals surface area contributed by atoms with Crippen molar-refractivity contribution in [2.24, 2.45) is 0 Å². The Labute approximate surface area is 123 Å². The van der Waals surface area contributed by atoms with Gasteiger partial charge in [0.2, 0.25) is 0 Å². The summed E-state index contributed by atoms with van der Waals surface area (Å²) in [5.74, 6) is 0.199. The Hall–Kier alpha value is -2.02. The lowest BCUT2D eigenvalue weighted by molar-refractivity contribution is -0.274. The average Bonchev–Trinajstić information content (AvgIpc) is 2.40. The van der Waals surface area contributed by atoms with Gasteiger partial charge in [-0.3, -0.25) is 0 Å². The molecule has 1 aromatic carbocycles. The minimum atomic E-state index is -4.70. The SMILES string of the molecule is Cc1c(Cl)nnc(Nc2ccc(OC(F)(F)F)cc2)c1C. The fourth-order valence-electron chi connectivity index (χ4n) is 1.57. The molecule has 112 valence electrons. The normalized spacial score (nSPS) is 11.3. The molecule has 0 bridgehead atoms. The van der Waals surface area contributed by atoms with Crippen molar-refractivity contribution in [3.63, 3.8) is 0 Å². The molecule has 0 aliphatic heterocycles. The van der Waals surface area contributed by atoms with Gasteiger partial charge in [0.1, 0.15) is 5.75 Å². The van der Waals surface area contributed by atoms with Crippen LogP contribution in [-0.2, 0) is 0 Å². The van der Waals surface area contributed by atoms with E-state index in [1.807, 2.05) is 6.92 Å². The third kappa shape index (κ3) is 3.98. The molecule has 0 saturated heterocycles. The highest BCUT2D eigenvalue weighted by Gasteiger charge is 2.30. The molecule has 0 saturated carbocycles. The Morgan fingerprint density at radius 1 is 1.05 bits per heavy atom. The maximum Gasteiger partial charge on any atom is 0.573 e. The van der Waals surface area contributed by atoms with Crippen molar-refractivity contribution in [2.75, 3.05) is 5.32 Å². The number of nitrogens with one attached hydrogen (secondary N) is 1. The summed E-state index contributed by atoms with van der Waals surface area (Å²) < 4.78 is 40.0. The molecule has 4 nitrogen and oxygen atoms in total. The van der Waals surface area contributed by atoms with Gasteiger partial charge in [-0.15, -0.1) is 23.4 Å². The van der Waals surface area contributed by atoms with Gasteiger partial charge in [-0.25, -0.2) is 0 Å². The van der Waals surface area contributed by atoms with Crippen LogP contribution in [0.15, 0.2) is 24.3 Å².